The van der Waals surface area contributed by atoms with Crippen LogP contribution in [0.3, 0.4) is 0 Å². The molecule has 1 amide bonds. The molecule has 5 nitrogen and oxygen atoms in total. The number of hydrogen-bond acceptors (Lipinski definition) is 3. The smallest absolute Gasteiger partial charge is 0.259 e. The first kappa shape index (κ1) is 14.3. The molecule has 2 aromatic rings. The number of ether oxygens (including phenoxy) is 1. The third-order valence-corrected chi connectivity index (χ3v) is 5.04. The Morgan fingerprint density at radius 2 is 2.22 bits per heavy atom. The molecule has 0 saturated carbocycles. The number of rotatable bonds is 2. The first-order valence-corrected chi connectivity index (χ1v) is 8.22. The minimum absolute atomic E-state index is 0.0176. The topological polar surface area (TPSA) is 47.4 Å². The average molecular weight is 311 g/mol. The van der Waals surface area contributed by atoms with Gasteiger partial charge in [0.15, 0.2) is 0 Å². The Hall–Kier alpha value is -2.30. The van der Waals surface area contributed by atoms with Crippen molar-refractivity contribution in [3.63, 3.8) is 0 Å². The maximum absolute atomic E-state index is 13.1. The molecular formula is C18H21N3O2. The lowest BCUT2D eigenvalue weighted by Gasteiger charge is -2.35. The molecular weight excluding hydrogens is 290 g/mol. The van der Waals surface area contributed by atoms with Crippen molar-refractivity contribution in [2.75, 3.05) is 13.7 Å². The Labute approximate surface area is 135 Å². The summed E-state index contributed by atoms with van der Waals surface area (Å²) in [6.45, 7) is 3.62. The van der Waals surface area contributed by atoms with Gasteiger partial charge >= 0.3 is 0 Å². The van der Waals surface area contributed by atoms with E-state index in [1.165, 1.54) is 11.3 Å². The molecule has 1 atom stereocenters. The summed E-state index contributed by atoms with van der Waals surface area (Å²) in [4.78, 5) is 19.6. The van der Waals surface area contributed by atoms with E-state index < -0.39 is 0 Å². The molecule has 2 aromatic heterocycles. The van der Waals surface area contributed by atoms with Crippen LogP contribution in [0.2, 0.25) is 0 Å². The highest BCUT2D eigenvalue weighted by molar-refractivity contribution is 5.97. The molecule has 23 heavy (non-hydrogen) atoms. The Balaban J connectivity index is 1.70. The fourth-order valence-electron chi connectivity index (χ4n) is 3.77. The molecule has 5 heteroatoms. The van der Waals surface area contributed by atoms with Crippen molar-refractivity contribution < 1.29 is 9.53 Å². The van der Waals surface area contributed by atoms with Crippen LogP contribution in [0.5, 0.6) is 5.88 Å². The SMILES string of the molecule is COc1nc2c(cc1C(=O)N1CCn3cccc3C1C)CCC2. The van der Waals surface area contributed by atoms with Crippen LogP contribution in [0.15, 0.2) is 24.4 Å². The monoisotopic (exact) mass is 311 g/mol. The number of pyridine rings is 1. The van der Waals surface area contributed by atoms with Crippen molar-refractivity contribution in [3.8, 4) is 5.88 Å². The zero-order valence-electron chi connectivity index (χ0n) is 13.6. The van der Waals surface area contributed by atoms with E-state index in [9.17, 15) is 4.79 Å². The predicted molar refractivity (Wildman–Crippen MR) is 86.7 cm³/mol. The summed E-state index contributed by atoms with van der Waals surface area (Å²) in [5.74, 6) is 0.479. The van der Waals surface area contributed by atoms with E-state index in [1.807, 2.05) is 17.0 Å². The fourth-order valence-corrected chi connectivity index (χ4v) is 3.77. The molecule has 0 saturated heterocycles. The molecule has 1 aliphatic carbocycles. The Kier molecular flexibility index (Phi) is 3.36. The average Bonchev–Trinajstić information content (AvgIpc) is 3.22. The molecule has 120 valence electrons. The number of carbonyl (C=O) groups excluding carboxylic acids is 1. The molecule has 1 unspecified atom stereocenters. The summed E-state index contributed by atoms with van der Waals surface area (Å²) in [6.07, 6.45) is 5.17. The minimum Gasteiger partial charge on any atom is -0.480 e. The lowest BCUT2D eigenvalue weighted by molar-refractivity contribution is 0.0639. The number of aromatic nitrogens is 2. The van der Waals surface area contributed by atoms with Gasteiger partial charge in [-0.1, -0.05) is 0 Å². The molecule has 0 radical (unpaired) electrons. The standard InChI is InChI=1S/C18H21N3O2/c1-12-16-7-4-8-20(16)9-10-21(12)18(22)14-11-13-5-3-6-15(13)19-17(14)23-2/h4,7-8,11-12H,3,5-6,9-10H2,1-2H3. The number of methoxy groups -OCH3 is 1. The molecule has 0 aromatic carbocycles. The van der Waals surface area contributed by atoms with E-state index in [4.69, 9.17) is 4.74 Å². The molecule has 0 spiro atoms. The largest absolute Gasteiger partial charge is 0.480 e. The van der Waals surface area contributed by atoms with Crippen molar-refractivity contribution in [1.82, 2.24) is 14.5 Å². The summed E-state index contributed by atoms with van der Waals surface area (Å²) in [5, 5.41) is 0. The maximum atomic E-state index is 13.1. The van der Waals surface area contributed by atoms with Gasteiger partial charge in [-0.3, -0.25) is 4.79 Å². The quantitative estimate of drug-likeness (QED) is 0.856. The van der Waals surface area contributed by atoms with E-state index in [-0.39, 0.29) is 11.9 Å². The summed E-state index contributed by atoms with van der Waals surface area (Å²) in [7, 11) is 1.59. The number of fused-ring (bicyclic) bond motifs is 2. The van der Waals surface area contributed by atoms with Gasteiger partial charge in [0.2, 0.25) is 5.88 Å². The minimum atomic E-state index is 0.0176. The number of amides is 1. The molecule has 4 rings (SSSR count). The van der Waals surface area contributed by atoms with Crippen LogP contribution in [0.1, 0.15) is 46.7 Å². The van der Waals surface area contributed by atoms with Gasteiger partial charge in [0, 0.05) is 30.7 Å². The van der Waals surface area contributed by atoms with Gasteiger partial charge < -0.3 is 14.2 Å². The lowest BCUT2D eigenvalue weighted by atomic mass is 10.1. The van der Waals surface area contributed by atoms with Crippen molar-refractivity contribution >= 4 is 5.91 Å². The molecule has 0 N–H and O–H groups in total. The van der Waals surface area contributed by atoms with Crippen LogP contribution in [0.4, 0.5) is 0 Å². The van der Waals surface area contributed by atoms with E-state index in [0.29, 0.717) is 18.0 Å². The Morgan fingerprint density at radius 3 is 3.04 bits per heavy atom. The third kappa shape index (κ3) is 2.22. The number of carbonyl (C=O) groups is 1. The van der Waals surface area contributed by atoms with Gasteiger partial charge in [0.1, 0.15) is 5.56 Å². The maximum Gasteiger partial charge on any atom is 0.259 e. The normalized spacial score (nSPS) is 19.4. The first-order valence-electron chi connectivity index (χ1n) is 8.22. The van der Waals surface area contributed by atoms with E-state index in [2.05, 4.69) is 28.7 Å². The van der Waals surface area contributed by atoms with Crippen LogP contribution in [0, 0.1) is 0 Å². The molecule has 3 heterocycles. The van der Waals surface area contributed by atoms with Gasteiger partial charge in [-0.15, -0.1) is 0 Å². The summed E-state index contributed by atoms with van der Waals surface area (Å²) >= 11 is 0. The van der Waals surface area contributed by atoms with E-state index in [0.717, 1.165) is 31.5 Å². The van der Waals surface area contributed by atoms with Crippen LogP contribution >= 0.6 is 0 Å². The number of nitrogens with zero attached hydrogens (tertiary/aromatic N) is 3. The molecule has 0 fully saturated rings. The summed E-state index contributed by atoms with van der Waals surface area (Å²) in [6, 6.07) is 6.18. The van der Waals surface area contributed by atoms with Gasteiger partial charge in [-0.25, -0.2) is 4.98 Å². The van der Waals surface area contributed by atoms with Crippen molar-refractivity contribution in [3.05, 3.63) is 46.9 Å². The van der Waals surface area contributed by atoms with E-state index >= 15 is 0 Å². The van der Waals surface area contributed by atoms with Crippen molar-refractivity contribution in [1.29, 1.82) is 0 Å². The van der Waals surface area contributed by atoms with Gasteiger partial charge in [0.05, 0.1) is 13.2 Å². The highest BCUT2D eigenvalue weighted by Crippen LogP contribution is 2.31. The highest BCUT2D eigenvalue weighted by Gasteiger charge is 2.31. The van der Waals surface area contributed by atoms with Crippen LogP contribution in [0.25, 0.3) is 0 Å². The van der Waals surface area contributed by atoms with Crippen molar-refractivity contribution in [2.45, 2.75) is 38.8 Å². The first-order chi connectivity index (χ1) is 11.2. The molecule has 2 aliphatic rings. The summed E-state index contributed by atoms with van der Waals surface area (Å²) < 4.78 is 7.62. The molecule has 0 bridgehead atoms. The van der Waals surface area contributed by atoms with Gasteiger partial charge in [-0.2, -0.15) is 0 Å². The predicted octanol–water partition coefficient (Wildman–Crippen LogP) is 2.60. The fraction of sp³-hybridized carbons (Fsp3) is 0.444. The van der Waals surface area contributed by atoms with Crippen LogP contribution in [-0.4, -0.2) is 34.0 Å². The highest BCUT2D eigenvalue weighted by atomic mass is 16.5. The zero-order valence-corrected chi connectivity index (χ0v) is 13.6. The number of aryl methyl sites for hydroxylation is 2. The van der Waals surface area contributed by atoms with Crippen molar-refractivity contribution in [2.24, 2.45) is 0 Å². The van der Waals surface area contributed by atoms with E-state index in [1.54, 1.807) is 7.11 Å². The summed E-state index contributed by atoms with van der Waals surface area (Å²) in [5.41, 5.74) is 4.05. The van der Waals surface area contributed by atoms with Crippen LogP contribution in [-0.2, 0) is 19.4 Å². The van der Waals surface area contributed by atoms with Gasteiger partial charge in [0.25, 0.3) is 5.91 Å². The third-order valence-electron chi connectivity index (χ3n) is 5.04. The molecule has 1 aliphatic heterocycles. The Morgan fingerprint density at radius 1 is 1.35 bits per heavy atom. The second-order valence-corrected chi connectivity index (χ2v) is 6.31. The lowest BCUT2D eigenvalue weighted by Crippen LogP contribution is -2.41. The van der Waals surface area contributed by atoms with Crippen LogP contribution < -0.4 is 4.74 Å². The zero-order chi connectivity index (χ0) is 16.0. The second kappa shape index (κ2) is 5.41. The van der Waals surface area contributed by atoms with Gasteiger partial charge in [-0.05, 0) is 49.9 Å². The number of hydrogen-bond donors (Lipinski definition) is 0. The second-order valence-electron chi connectivity index (χ2n) is 6.31. The Bertz CT molecular complexity index is 766.